The number of hydrogen-bond donors (Lipinski definition) is 1. The zero-order chi connectivity index (χ0) is 12.6. The molecule has 0 saturated carbocycles. The first-order valence-electron chi connectivity index (χ1n) is 6.41. The van der Waals surface area contributed by atoms with Gasteiger partial charge in [0.1, 0.15) is 5.60 Å². The van der Waals surface area contributed by atoms with Crippen LogP contribution in [0.4, 0.5) is 0 Å². The fraction of sp³-hybridized carbons (Fsp3) is 0.600. The molecule has 2 heteroatoms. The van der Waals surface area contributed by atoms with Crippen molar-refractivity contribution in [3.63, 3.8) is 0 Å². The summed E-state index contributed by atoms with van der Waals surface area (Å²) in [6.07, 6.45) is 1.95. The Kier molecular flexibility index (Phi) is 3.28. The lowest BCUT2D eigenvalue weighted by atomic mass is 9.70. The molecule has 2 unspecified atom stereocenters. The van der Waals surface area contributed by atoms with Crippen LogP contribution in [0.15, 0.2) is 18.2 Å². The second kappa shape index (κ2) is 4.43. The third-order valence-corrected chi connectivity index (χ3v) is 4.11. The highest BCUT2D eigenvalue weighted by molar-refractivity contribution is 5.40. The Bertz CT molecular complexity index is 411. The van der Waals surface area contributed by atoms with E-state index in [1.165, 1.54) is 11.1 Å². The average Bonchev–Trinajstić information content (AvgIpc) is 2.28. The monoisotopic (exact) mass is 234 g/mol. The van der Waals surface area contributed by atoms with Crippen LogP contribution in [0.3, 0.4) is 0 Å². The Labute approximate surface area is 104 Å². The molecule has 0 aliphatic heterocycles. The van der Waals surface area contributed by atoms with Gasteiger partial charge in [0.25, 0.3) is 0 Å². The minimum absolute atomic E-state index is 0.533. The SMILES string of the molecule is Cc1ccc2c(c1)C(C(C)C)CCC2(C)OO. The van der Waals surface area contributed by atoms with Crippen LogP contribution < -0.4 is 0 Å². The zero-order valence-electron chi connectivity index (χ0n) is 11.2. The highest BCUT2D eigenvalue weighted by Crippen LogP contribution is 2.46. The van der Waals surface area contributed by atoms with Crippen molar-refractivity contribution in [3.05, 3.63) is 34.9 Å². The Morgan fingerprint density at radius 3 is 2.71 bits per heavy atom. The zero-order valence-corrected chi connectivity index (χ0v) is 11.2. The molecular formula is C15H22O2. The van der Waals surface area contributed by atoms with E-state index in [0.29, 0.717) is 11.8 Å². The van der Waals surface area contributed by atoms with Gasteiger partial charge in [-0.15, -0.1) is 0 Å². The van der Waals surface area contributed by atoms with Gasteiger partial charge in [-0.2, -0.15) is 0 Å². The largest absolute Gasteiger partial charge is 0.251 e. The van der Waals surface area contributed by atoms with Gasteiger partial charge >= 0.3 is 0 Å². The van der Waals surface area contributed by atoms with Crippen LogP contribution in [-0.4, -0.2) is 5.26 Å². The quantitative estimate of drug-likeness (QED) is 0.613. The van der Waals surface area contributed by atoms with E-state index in [-0.39, 0.29) is 0 Å². The van der Waals surface area contributed by atoms with E-state index < -0.39 is 5.60 Å². The maximum absolute atomic E-state index is 9.19. The predicted octanol–water partition coefficient (Wildman–Crippen LogP) is 4.23. The molecule has 0 saturated heterocycles. The summed E-state index contributed by atoms with van der Waals surface area (Å²) >= 11 is 0. The van der Waals surface area contributed by atoms with Crippen molar-refractivity contribution in [2.45, 2.75) is 52.1 Å². The van der Waals surface area contributed by atoms with Crippen molar-refractivity contribution >= 4 is 0 Å². The molecule has 2 rings (SSSR count). The summed E-state index contributed by atoms with van der Waals surface area (Å²) < 4.78 is 0. The molecule has 0 bridgehead atoms. The number of fused-ring (bicyclic) bond motifs is 1. The lowest BCUT2D eigenvalue weighted by molar-refractivity contribution is -0.328. The molecule has 1 aromatic rings. The van der Waals surface area contributed by atoms with Crippen molar-refractivity contribution in [2.24, 2.45) is 5.92 Å². The number of rotatable bonds is 2. The van der Waals surface area contributed by atoms with Crippen LogP contribution >= 0.6 is 0 Å². The molecule has 0 spiro atoms. The highest BCUT2D eigenvalue weighted by Gasteiger charge is 2.38. The van der Waals surface area contributed by atoms with E-state index in [1.54, 1.807) is 0 Å². The maximum Gasteiger partial charge on any atom is 0.126 e. The maximum atomic E-state index is 9.19. The van der Waals surface area contributed by atoms with Crippen LogP contribution in [0, 0.1) is 12.8 Å². The molecule has 2 nitrogen and oxygen atoms in total. The van der Waals surface area contributed by atoms with Gasteiger partial charge in [-0.1, -0.05) is 37.6 Å². The summed E-state index contributed by atoms with van der Waals surface area (Å²) in [5.74, 6) is 1.20. The summed E-state index contributed by atoms with van der Waals surface area (Å²) in [5, 5.41) is 9.19. The van der Waals surface area contributed by atoms with E-state index in [9.17, 15) is 5.26 Å². The van der Waals surface area contributed by atoms with E-state index in [2.05, 4.69) is 39.0 Å². The summed E-state index contributed by atoms with van der Waals surface area (Å²) in [6, 6.07) is 6.45. The third-order valence-electron chi connectivity index (χ3n) is 4.11. The average molecular weight is 234 g/mol. The fourth-order valence-electron chi connectivity index (χ4n) is 2.98. The van der Waals surface area contributed by atoms with Crippen LogP contribution in [-0.2, 0) is 10.5 Å². The molecule has 0 heterocycles. The minimum Gasteiger partial charge on any atom is -0.251 e. The van der Waals surface area contributed by atoms with Crippen LogP contribution in [0.25, 0.3) is 0 Å². The summed E-state index contributed by atoms with van der Waals surface area (Å²) in [6.45, 7) is 8.61. The van der Waals surface area contributed by atoms with Crippen LogP contribution in [0.1, 0.15) is 56.2 Å². The molecule has 0 aromatic heterocycles. The molecule has 1 aliphatic carbocycles. The second-order valence-electron chi connectivity index (χ2n) is 5.80. The fourth-order valence-corrected chi connectivity index (χ4v) is 2.98. The van der Waals surface area contributed by atoms with Crippen molar-refractivity contribution in [3.8, 4) is 0 Å². The first-order chi connectivity index (χ1) is 7.98. The van der Waals surface area contributed by atoms with Gasteiger partial charge in [0.05, 0.1) is 0 Å². The van der Waals surface area contributed by atoms with Gasteiger partial charge in [-0.25, -0.2) is 4.89 Å². The molecule has 2 atom stereocenters. The highest BCUT2D eigenvalue weighted by atomic mass is 17.1. The molecule has 0 fully saturated rings. The van der Waals surface area contributed by atoms with Gasteiger partial charge < -0.3 is 0 Å². The molecule has 17 heavy (non-hydrogen) atoms. The van der Waals surface area contributed by atoms with E-state index in [1.807, 2.05) is 6.92 Å². The first-order valence-corrected chi connectivity index (χ1v) is 6.41. The van der Waals surface area contributed by atoms with Crippen molar-refractivity contribution in [1.29, 1.82) is 0 Å². The Morgan fingerprint density at radius 1 is 1.41 bits per heavy atom. The Morgan fingerprint density at radius 2 is 2.12 bits per heavy atom. The van der Waals surface area contributed by atoms with E-state index in [0.717, 1.165) is 18.4 Å². The number of aryl methyl sites for hydroxylation is 1. The summed E-state index contributed by atoms with van der Waals surface area (Å²) in [4.78, 5) is 4.77. The van der Waals surface area contributed by atoms with Gasteiger partial charge in [-0.05, 0) is 49.7 Å². The molecule has 1 aliphatic rings. The lowest BCUT2D eigenvalue weighted by Crippen LogP contribution is -2.32. The molecule has 1 N–H and O–H groups in total. The van der Waals surface area contributed by atoms with Crippen LogP contribution in [0.5, 0.6) is 0 Å². The third kappa shape index (κ3) is 2.12. The molecule has 0 radical (unpaired) electrons. The topological polar surface area (TPSA) is 29.5 Å². The number of hydrogen-bond acceptors (Lipinski definition) is 2. The minimum atomic E-state index is -0.533. The first kappa shape index (κ1) is 12.6. The van der Waals surface area contributed by atoms with Crippen molar-refractivity contribution < 1.29 is 10.1 Å². The predicted molar refractivity (Wildman–Crippen MR) is 69.1 cm³/mol. The van der Waals surface area contributed by atoms with E-state index in [4.69, 9.17) is 4.89 Å². The smallest absolute Gasteiger partial charge is 0.126 e. The van der Waals surface area contributed by atoms with Crippen molar-refractivity contribution in [2.75, 3.05) is 0 Å². The molecule has 1 aromatic carbocycles. The standard InChI is InChI=1S/C15H22O2/c1-10(2)12-7-8-15(4,17-16)14-6-5-11(3)9-13(12)14/h5-6,9-10,12,16H,7-8H2,1-4H3. The summed E-state index contributed by atoms with van der Waals surface area (Å²) in [5.41, 5.74) is 3.24. The van der Waals surface area contributed by atoms with Crippen molar-refractivity contribution in [1.82, 2.24) is 0 Å². The Hall–Kier alpha value is -0.860. The van der Waals surface area contributed by atoms with Gasteiger partial charge in [-0.3, -0.25) is 5.26 Å². The Balaban J connectivity index is 2.54. The second-order valence-corrected chi connectivity index (χ2v) is 5.80. The van der Waals surface area contributed by atoms with E-state index >= 15 is 0 Å². The van der Waals surface area contributed by atoms with Gasteiger partial charge in [0, 0.05) is 0 Å². The normalized spacial score (nSPS) is 28.2. The molecule has 0 amide bonds. The summed E-state index contributed by atoms with van der Waals surface area (Å²) in [7, 11) is 0. The lowest BCUT2D eigenvalue weighted by Gasteiger charge is -2.38. The molecule has 94 valence electrons. The molecular weight excluding hydrogens is 212 g/mol. The van der Waals surface area contributed by atoms with Gasteiger partial charge in [0.2, 0.25) is 0 Å². The number of benzene rings is 1. The van der Waals surface area contributed by atoms with Crippen LogP contribution in [0.2, 0.25) is 0 Å². The van der Waals surface area contributed by atoms with Gasteiger partial charge in [0.15, 0.2) is 0 Å².